The first-order chi connectivity index (χ1) is 2.41. The van der Waals surface area contributed by atoms with Gasteiger partial charge in [-0.15, -0.1) is 0 Å². The van der Waals surface area contributed by atoms with Gasteiger partial charge in [0.15, 0.2) is 0 Å². The summed E-state index contributed by atoms with van der Waals surface area (Å²) in [5, 5.41) is 8.07. The maximum atomic E-state index is 8.07. The number of aliphatic hydroxyl groups is 1. The molecule has 0 aromatic carbocycles. The Morgan fingerprint density at radius 2 is 1.44 bits per heavy atom. The fourth-order valence-corrected chi connectivity index (χ4v) is 0.158. The quantitative estimate of drug-likeness (QED) is 0.692. The van der Waals surface area contributed by atoms with Gasteiger partial charge in [0, 0.05) is 6.61 Å². The van der Waals surface area contributed by atoms with Crippen molar-refractivity contribution in [3.05, 3.63) is 22.3 Å². The zero-order valence-electron chi connectivity index (χ0n) is 7.07. The van der Waals surface area contributed by atoms with E-state index in [-0.39, 0.29) is 48.5 Å². The first kappa shape index (κ1) is 32.8. The Balaban J connectivity index is -0.0000000133. The normalized spacial score (nSPS) is 4.67. The molecule has 0 saturated heterocycles. The third-order valence-electron chi connectivity index (χ3n) is 0.512. The van der Waals surface area contributed by atoms with Gasteiger partial charge >= 0.3 is 26.2 Å². The van der Waals surface area contributed by atoms with Crippen LogP contribution in [0.5, 0.6) is 0 Å². The molecular weight excluding hydrogens is 191 g/mol. The predicted molar refractivity (Wildman–Crippen MR) is 41.2 cm³/mol. The maximum Gasteiger partial charge on any atom is 3.00 e. The molecule has 2 heteroatoms. The summed E-state index contributed by atoms with van der Waals surface area (Å²) in [7, 11) is 0. The summed E-state index contributed by atoms with van der Waals surface area (Å²) in [5.74, 6) is 0. The van der Waals surface area contributed by atoms with Gasteiger partial charge in [-0.25, -0.2) is 0 Å². The van der Waals surface area contributed by atoms with E-state index in [1.807, 2.05) is 0 Å². The Hall–Kier alpha value is 0.843. The molecule has 0 aromatic rings. The van der Waals surface area contributed by atoms with Crippen molar-refractivity contribution >= 4 is 0 Å². The first-order valence-corrected chi connectivity index (χ1v) is 2.02. The summed E-state index contributed by atoms with van der Waals surface area (Å²) in [6.07, 6.45) is 2.04. The van der Waals surface area contributed by atoms with Gasteiger partial charge < -0.3 is 27.4 Å². The van der Waals surface area contributed by atoms with Crippen molar-refractivity contribution in [2.24, 2.45) is 0 Å². The second-order valence-electron chi connectivity index (χ2n) is 1.08. The van der Waals surface area contributed by atoms with Gasteiger partial charge in [-0.1, -0.05) is 13.3 Å². The third-order valence-corrected chi connectivity index (χ3v) is 0.512. The molecule has 57 valence electrons. The molecule has 0 spiro atoms. The van der Waals surface area contributed by atoms with Crippen LogP contribution >= 0.6 is 0 Å². The molecule has 0 aliphatic carbocycles. The van der Waals surface area contributed by atoms with Gasteiger partial charge in [-0.2, -0.15) is 0 Å². The van der Waals surface area contributed by atoms with E-state index < -0.39 is 0 Å². The van der Waals surface area contributed by atoms with Crippen LogP contribution in [0.2, 0.25) is 0 Å². The second kappa shape index (κ2) is 36.8. The largest absolute Gasteiger partial charge is 3.00 e. The van der Waals surface area contributed by atoms with Gasteiger partial charge in [-0.05, 0) is 6.42 Å². The molecule has 0 rings (SSSR count). The van der Waals surface area contributed by atoms with Crippen LogP contribution in [0.1, 0.15) is 19.8 Å². The summed E-state index contributed by atoms with van der Waals surface area (Å²) < 4.78 is 0. The zero-order chi connectivity index (χ0) is 4.12. The van der Waals surface area contributed by atoms with E-state index in [1.54, 1.807) is 0 Å². The fourth-order valence-electron chi connectivity index (χ4n) is 0.158. The molecule has 0 amide bonds. The van der Waals surface area contributed by atoms with Gasteiger partial charge in [0.25, 0.3) is 0 Å². The minimum Gasteiger partial charge on any atom is -0.396 e. The minimum absolute atomic E-state index is 0. The van der Waals surface area contributed by atoms with E-state index in [1.165, 1.54) is 0 Å². The van der Waals surface area contributed by atoms with Crippen LogP contribution in [-0.2, 0) is 26.2 Å². The van der Waals surface area contributed by atoms with Crippen LogP contribution in [0.25, 0.3) is 0 Å². The Kier molecular flexibility index (Phi) is 134. The smallest absolute Gasteiger partial charge is 0.396 e. The summed E-state index contributed by atoms with van der Waals surface area (Å²) in [5.41, 5.74) is 0. The summed E-state index contributed by atoms with van der Waals surface area (Å²) in [4.78, 5) is 0. The van der Waals surface area contributed by atoms with Gasteiger partial charge in [-0.3, -0.25) is 0 Å². The number of unbranched alkanes of at least 4 members (excludes halogenated alkanes) is 1. The average molecular weight is 210 g/mol. The standard InChI is InChI=1S/C4H10O.3CH3.Zr/c1-2-3-4-5;;;;/h5H,2-4H2,1H3;3*1H3;/q;3*-1;+3. The Bertz CT molecular complexity index is 16.4. The molecule has 0 heterocycles. The molecule has 9 heavy (non-hydrogen) atoms. The van der Waals surface area contributed by atoms with Crippen LogP contribution < -0.4 is 0 Å². The molecule has 0 aromatic heterocycles. The van der Waals surface area contributed by atoms with Crippen LogP contribution in [0.15, 0.2) is 0 Å². The SMILES string of the molecule is CCCCO.[CH3-].[CH3-].[CH3-].[Zr+3]. The molecule has 0 aliphatic rings. The third kappa shape index (κ3) is 51.2. The van der Waals surface area contributed by atoms with E-state index in [0.717, 1.165) is 12.8 Å². The van der Waals surface area contributed by atoms with Crippen molar-refractivity contribution in [2.75, 3.05) is 6.61 Å². The number of hydrogen-bond acceptors (Lipinski definition) is 1. The van der Waals surface area contributed by atoms with E-state index in [4.69, 9.17) is 5.11 Å². The second-order valence-corrected chi connectivity index (χ2v) is 1.08. The molecule has 1 N–H and O–H groups in total. The van der Waals surface area contributed by atoms with Crippen LogP contribution in [-0.4, -0.2) is 11.7 Å². The van der Waals surface area contributed by atoms with Crippen LogP contribution in [0.4, 0.5) is 0 Å². The Morgan fingerprint density at radius 1 is 1.11 bits per heavy atom. The van der Waals surface area contributed by atoms with Crippen molar-refractivity contribution in [1.29, 1.82) is 0 Å². The van der Waals surface area contributed by atoms with Gasteiger partial charge in [0.05, 0.1) is 0 Å². The number of hydrogen-bond donors (Lipinski definition) is 1. The fraction of sp³-hybridized carbons (Fsp3) is 0.571. The van der Waals surface area contributed by atoms with Crippen LogP contribution in [0, 0.1) is 22.3 Å². The van der Waals surface area contributed by atoms with Crippen molar-refractivity contribution in [2.45, 2.75) is 19.8 Å². The number of aliphatic hydroxyl groups excluding tert-OH is 1. The van der Waals surface area contributed by atoms with Crippen molar-refractivity contribution in [3.8, 4) is 0 Å². The average Bonchev–Trinajstić information content (AvgIpc) is 1.41. The molecule has 0 bridgehead atoms. The molecule has 0 saturated carbocycles. The van der Waals surface area contributed by atoms with Crippen molar-refractivity contribution in [1.82, 2.24) is 0 Å². The van der Waals surface area contributed by atoms with Crippen molar-refractivity contribution in [3.63, 3.8) is 0 Å². The van der Waals surface area contributed by atoms with E-state index in [9.17, 15) is 0 Å². The predicted octanol–water partition coefficient (Wildman–Crippen LogP) is 2.13. The molecule has 0 unspecified atom stereocenters. The van der Waals surface area contributed by atoms with E-state index >= 15 is 0 Å². The molecule has 1 radical (unpaired) electrons. The maximum absolute atomic E-state index is 8.07. The summed E-state index contributed by atoms with van der Waals surface area (Å²) >= 11 is 0. The van der Waals surface area contributed by atoms with Crippen molar-refractivity contribution < 1.29 is 31.3 Å². The van der Waals surface area contributed by atoms with Gasteiger partial charge in [0.2, 0.25) is 0 Å². The minimum atomic E-state index is 0. The molecule has 0 aliphatic heterocycles. The van der Waals surface area contributed by atoms with E-state index in [2.05, 4.69) is 6.92 Å². The summed E-state index contributed by atoms with van der Waals surface area (Å²) in [6, 6.07) is 0. The summed E-state index contributed by atoms with van der Waals surface area (Å²) in [6.45, 7) is 2.40. The van der Waals surface area contributed by atoms with E-state index in [0.29, 0.717) is 6.61 Å². The van der Waals surface area contributed by atoms with Gasteiger partial charge in [0.1, 0.15) is 0 Å². The van der Waals surface area contributed by atoms with Crippen LogP contribution in [0.3, 0.4) is 0 Å². The molecular formula is C7H19OZr. The monoisotopic (exact) mass is 209 g/mol. The Labute approximate surface area is 80.0 Å². The first-order valence-electron chi connectivity index (χ1n) is 2.02. The molecule has 0 fully saturated rings. The zero-order valence-corrected chi connectivity index (χ0v) is 9.53. The molecule has 1 nitrogen and oxygen atoms in total. The topological polar surface area (TPSA) is 20.2 Å². The molecule has 0 atom stereocenters. The Morgan fingerprint density at radius 3 is 1.44 bits per heavy atom. The number of rotatable bonds is 2.